The van der Waals surface area contributed by atoms with Crippen LogP contribution in [0, 0.1) is 12.8 Å². The van der Waals surface area contributed by atoms with Crippen LogP contribution in [0.1, 0.15) is 42.3 Å². The quantitative estimate of drug-likeness (QED) is 0.813. The Bertz CT molecular complexity index is 634. The van der Waals surface area contributed by atoms with Gasteiger partial charge in [-0.15, -0.1) is 12.4 Å². The fraction of sp³-hybridized carbons (Fsp3) is 0.500. The van der Waals surface area contributed by atoms with E-state index in [1.54, 1.807) is 19.1 Å². The predicted molar refractivity (Wildman–Crippen MR) is 92.0 cm³/mol. The monoisotopic (exact) mass is 360 g/mol. The SMILES string of the molecule is COC(=O)c1ccc(C)c(Cl)c1C1(C(C)C)NC(=O)C(C)N1.Cl. The highest BCUT2D eigenvalue weighted by atomic mass is 35.5. The number of hydrogen-bond acceptors (Lipinski definition) is 4. The first-order chi connectivity index (χ1) is 10.2. The van der Waals surface area contributed by atoms with Crippen LogP contribution in [0.25, 0.3) is 0 Å². The van der Waals surface area contributed by atoms with Gasteiger partial charge in [-0.25, -0.2) is 4.79 Å². The number of amides is 1. The Kier molecular flexibility index (Phi) is 6.07. The molecule has 0 radical (unpaired) electrons. The molecule has 0 spiro atoms. The largest absolute Gasteiger partial charge is 0.465 e. The molecule has 2 unspecified atom stereocenters. The van der Waals surface area contributed by atoms with Crippen molar-refractivity contribution >= 4 is 35.9 Å². The second kappa shape index (κ2) is 7.07. The maximum atomic E-state index is 12.2. The number of benzene rings is 1. The van der Waals surface area contributed by atoms with Crippen molar-refractivity contribution in [2.24, 2.45) is 5.92 Å². The lowest BCUT2D eigenvalue weighted by molar-refractivity contribution is -0.120. The fourth-order valence-electron chi connectivity index (χ4n) is 2.83. The van der Waals surface area contributed by atoms with Crippen LogP contribution in [0.3, 0.4) is 0 Å². The molecule has 1 aliphatic heterocycles. The molecule has 2 N–H and O–H groups in total. The van der Waals surface area contributed by atoms with E-state index in [1.807, 2.05) is 20.8 Å². The van der Waals surface area contributed by atoms with Gasteiger partial charge in [-0.1, -0.05) is 31.5 Å². The lowest BCUT2D eigenvalue weighted by Gasteiger charge is -2.36. The van der Waals surface area contributed by atoms with E-state index in [0.717, 1.165) is 5.56 Å². The summed E-state index contributed by atoms with van der Waals surface area (Å²) < 4.78 is 4.87. The zero-order valence-corrected chi connectivity index (χ0v) is 15.4. The van der Waals surface area contributed by atoms with Gasteiger partial charge in [0.2, 0.25) is 5.91 Å². The third kappa shape index (κ3) is 3.18. The molecular formula is C16H22Cl2N2O3. The average molecular weight is 361 g/mol. The van der Waals surface area contributed by atoms with E-state index in [-0.39, 0.29) is 30.3 Å². The summed E-state index contributed by atoms with van der Waals surface area (Å²) in [6.07, 6.45) is 0. The van der Waals surface area contributed by atoms with Crippen LogP contribution in [0.4, 0.5) is 0 Å². The van der Waals surface area contributed by atoms with Gasteiger partial charge in [0.1, 0.15) is 5.66 Å². The van der Waals surface area contributed by atoms with Crippen LogP contribution in [0.5, 0.6) is 0 Å². The van der Waals surface area contributed by atoms with Gasteiger partial charge >= 0.3 is 5.97 Å². The Hall–Kier alpha value is -1.30. The van der Waals surface area contributed by atoms with Crippen molar-refractivity contribution in [2.45, 2.75) is 39.4 Å². The van der Waals surface area contributed by atoms with E-state index in [2.05, 4.69) is 10.6 Å². The number of methoxy groups -OCH3 is 1. The molecule has 1 saturated heterocycles. The Balaban J connectivity index is 0.00000264. The molecule has 1 fully saturated rings. The first-order valence-corrected chi connectivity index (χ1v) is 7.60. The number of ether oxygens (including phenoxy) is 1. The molecule has 1 aliphatic rings. The maximum Gasteiger partial charge on any atom is 0.338 e. The Morgan fingerprint density at radius 2 is 2.00 bits per heavy atom. The van der Waals surface area contributed by atoms with Gasteiger partial charge in [0, 0.05) is 5.56 Å². The van der Waals surface area contributed by atoms with Gasteiger partial charge < -0.3 is 10.1 Å². The van der Waals surface area contributed by atoms with Gasteiger partial charge in [-0.3, -0.25) is 10.1 Å². The Morgan fingerprint density at radius 1 is 1.39 bits per heavy atom. The van der Waals surface area contributed by atoms with Crippen molar-refractivity contribution in [3.05, 3.63) is 33.8 Å². The average Bonchev–Trinajstić information content (AvgIpc) is 2.77. The second-order valence-corrected chi connectivity index (χ2v) is 6.31. The van der Waals surface area contributed by atoms with Crippen LogP contribution >= 0.6 is 24.0 Å². The number of esters is 1. The summed E-state index contributed by atoms with van der Waals surface area (Å²) >= 11 is 6.51. The summed E-state index contributed by atoms with van der Waals surface area (Å²) in [5, 5.41) is 6.70. The number of hydrogen-bond donors (Lipinski definition) is 2. The highest BCUT2D eigenvalue weighted by Crippen LogP contribution is 2.39. The minimum atomic E-state index is -0.900. The summed E-state index contributed by atoms with van der Waals surface area (Å²) in [6, 6.07) is 3.08. The highest BCUT2D eigenvalue weighted by Gasteiger charge is 2.48. The van der Waals surface area contributed by atoms with E-state index >= 15 is 0 Å². The summed E-state index contributed by atoms with van der Waals surface area (Å²) in [5.74, 6) is -0.626. The molecule has 1 aromatic rings. The fourth-order valence-corrected chi connectivity index (χ4v) is 3.14. The van der Waals surface area contributed by atoms with E-state index in [0.29, 0.717) is 16.1 Å². The first kappa shape index (κ1) is 19.7. The predicted octanol–water partition coefficient (Wildman–Crippen LogP) is 2.77. The number of aryl methyl sites for hydroxylation is 1. The standard InChI is InChI=1S/C16H21ClN2O3.ClH/c1-8(2)16(18-10(4)14(20)19-16)12-11(15(21)22-5)7-6-9(3)13(12)17;/h6-8,10,18H,1-5H3,(H,19,20);1H. The molecule has 23 heavy (non-hydrogen) atoms. The van der Waals surface area contributed by atoms with E-state index < -0.39 is 11.6 Å². The minimum absolute atomic E-state index is 0. The molecular weight excluding hydrogens is 339 g/mol. The molecule has 2 rings (SSSR count). The maximum absolute atomic E-state index is 12.2. The zero-order chi connectivity index (χ0) is 16.7. The molecule has 5 nitrogen and oxygen atoms in total. The molecule has 0 bridgehead atoms. The summed E-state index contributed by atoms with van der Waals surface area (Å²) in [7, 11) is 1.32. The normalized spacial score (nSPS) is 23.4. The van der Waals surface area contributed by atoms with Gasteiger partial charge in [0.25, 0.3) is 0 Å². The van der Waals surface area contributed by atoms with E-state index in [4.69, 9.17) is 16.3 Å². The highest BCUT2D eigenvalue weighted by molar-refractivity contribution is 6.32. The van der Waals surface area contributed by atoms with Crippen molar-refractivity contribution < 1.29 is 14.3 Å². The van der Waals surface area contributed by atoms with Crippen molar-refractivity contribution in [3.63, 3.8) is 0 Å². The second-order valence-electron chi connectivity index (χ2n) is 5.93. The van der Waals surface area contributed by atoms with Crippen LogP contribution in [-0.2, 0) is 15.2 Å². The molecule has 1 aromatic carbocycles. The van der Waals surface area contributed by atoms with Crippen molar-refractivity contribution in [2.75, 3.05) is 7.11 Å². The van der Waals surface area contributed by atoms with Crippen LogP contribution in [-0.4, -0.2) is 25.0 Å². The van der Waals surface area contributed by atoms with Gasteiger partial charge in [-0.2, -0.15) is 0 Å². The molecule has 0 saturated carbocycles. The number of nitrogens with one attached hydrogen (secondary N) is 2. The van der Waals surface area contributed by atoms with Gasteiger partial charge in [0.15, 0.2) is 0 Å². The van der Waals surface area contributed by atoms with E-state index in [1.165, 1.54) is 7.11 Å². The molecule has 128 valence electrons. The molecule has 1 heterocycles. The van der Waals surface area contributed by atoms with E-state index in [9.17, 15) is 9.59 Å². The Labute approximate surface area is 147 Å². The summed E-state index contributed by atoms with van der Waals surface area (Å²) in [4.78, 5) is 24.2. The molecule has 1 amide bonds. The van der Waals surface area contributed by atoms with Crippen molar-refractivity contribution in [1.82, 2.24) is 10.6 Å². The van der Waals surface area contributed by atoms with Gasteiger partial charge in [-0.05, 0) is 31.4 Å². The molecule has 0 aliphatic carbocycles. The lowest BCUT2D eigenvalue weighted by Crippen LogP contribution is -2.52. The van der Waals surface area contributed by atoms with Crippen molar-refractivity contribution in [3.8, 4) is 0 Å². The number of carbonyl (C=O) groups is 2. The minimum Gasteiger partial charge on any atom is -0.465 e. The molecule has 2 atom stereocenters. The van der Waals surface area contributed by atoms with Crippen molar-refractivity contribution in [1.29, 1.82) is 0 Å². The number of halogens is 2. The van der Waals surface area contributed by atoms with Crippen LogP contribution < -0.4 is 10.6 Å². The lowest BCUT2D eigenvalue weighted by atomic mass is 9.84. The Morgan fingerprint density at radius 3 is 2.43 bits per heavy atom. The summed E-state index contributed by atoms with van der Waals surface area (Å²) in [6.45, 7) is 7.57. The number of carbonyl (C=O) groups excluding carboxylic acids is 2. The number of rotatable bonds is 3. The first-order valence-electron chi connectivity index (χ1n) is 7.22. The third-order valence-electron chi connectivity index (χ3n) is 4.16. The van der Waals surface area contributed by atoms with Gasteiger partial charge in [0.05, 0.1) is 23.7 Å². The topological polar surface area (TPSA) is 67.4 Å². The smallest absolute Gasteiger partial charge is 0.338 e. The summed E-state index contributed by atoms with van der Waals surface area (Å²) in [5.41, 5.74) is 0.853. The zero-order valence-electron chi connectivity index (χ0n) is 13.8. The molecule has 7 heteroatoms. The van der Waals surface area contributed by atoms with Crippen LogP contribution in [0.2, 0.25) is 5.02 Å². The molecule has 0 aromatic heterocycles. The van der Waals surface area contributed by atoms with Crippen LogP contribution in [0.15, 0.2) is 12.1 Å². The third-order valence-corrected chi connectivity index (χ3v) is 4.65.